The Labute approximate surface area is 70.5 Å². The summed E-state index contributed by atoms with van der Waals surface area (Å²) in [6.07, 6.45) is 0. The molecule has 0 unspecified atom stereocenters. The van der Waals surface area contributed by atoms with E-state index in [0.717, 1.165) is 23.4 Å². The Kier molecular flexibility index (Phi) is 4.67. The first-order valence-electron chi connectivity index (χ1n) is 1.82. The zero-order chi connectivity index (χ0) is 6.57. The van der Waals surface area contributed by atoms with Crippen molar-refractivity contribution in [3.63, 3.8) is 0 Å². The number of rotatable bonds is 2. The SMILES string of the molecule is C=C(CBr)C(=O)[O][Sb]. The van der Waals surface area contributed by atoms with Crippen molar-refractivity contribution in [1.82, 2.24) is 0 Å². The Morgan fingerprint density at radius 3 is 2.50 bits per heavy atom. The van der Waals surface area contributed by atoms with Gasteiger partial charge < -0.3 is 0 Å². The molecular weight excluding hydrogens is 282 g/mol. The second-order valence-corrected chi connectivity index (χ2v) is 2.20. The van der Waals surface area contributed by atoms with E-state index in [0.29, 0.717) is 10.9 Å². The molecule has 0 aromatic carbocycles. The van der Waals surface area contributed by atoms with Crippen LogP contribution in [0.1, 0.15) is 0 Å². The number of carbonyl (C=O) groups excluding carboxylic acids is 1. The van der Waals surface area contributed by atoms with Crippen LogP contribution in [0.5, 0.6) is 0 Å². The van der Waals surface area contributed by atoms with Gasteiger partial charge in [0.05, 0.1) is 0 Å². The first kappa shape index (κ1) is 8.51. The number of alkyl halides is 1. The van der Waals surface area contributed by atoms with Crippen molar-refractivity contribution in [2.45, 2.75) is 0 Å². The van der Waals surface area contributed by atoms with E-state index in [1.54, 1.807) is 0 Å². The van der Waals surface area contributed by atoms with Crippen LogP contribution in [0, 0.1) is 0 Å². The van der Waals surface area contributed by atoms with Crippen LogP contribution in [-0.2, 0) is 7.81 Å². The summed E-state index contributed by atoms with van der Waals surface area (Å²) in [5.74, 6) is -0.337. The molecule has 0 atom stereocenters. The standard InChI is InChI=1S/C4H5BrO2.Sb/c1-3(2-5)4(6)7;/h1-2H2,(H,6,7);/q;+1/p-1. The monoisotopic (exact) mass is 284 g/mol. The number of hydrogen-bond donors (Lipinski definition) is 0. The zero-order valence-corrected chi connectivity index (χ0v) is 8.19. The third-order valence-corrected chi connectivity index (χ3v) is 1.68. The molecule has 0 saturated heterocycles. The van der Waals surface area contributed by atoms with Crippen molar-refractivity contribution >= 4 is 45.3 Å². The quantitative estimate of drug-likeness (QED) is 0.421. The van der Waals surface area contributed by atoms with Crippen LogP contribution in [0.3, 0.4) is 0 Å². The maximum atomic E-state index is 10.4. The molecular formula is C4H4BrO2Sb. The predicted octanol–water partition coefficient (Wildman–Crippen LogP) is 0.564. The molecule has 0 aliphatic rings. The number of hydrogen-bond acceptors (Lipinski definition) is 2. The normalized spacial score (nSPS) is 8.25. The predicted molar refractivity (Wildman–Crippen MR) is 34.8 cm³/mol. The molecule has 0 aliphatic heterocycles. The van der Waals surface area contributed by atoms with Crippen molar-refractivity contribution in [3.05, 3.63) is 12.2 Å². The molecule has 0 rings (SSSR count). The van der Waals surface area contributed by atoms with Gasteiger partial charge in [0.15, 0.2) is 0 Å². The van der Waals surface area contributed by atoms with Crippen LogP contribution < -0.4 is 0 Å². The Morgan fingerprint density at radius 1 is 1.88 bits per heavy atom. The Bertz CT molecular complexity index is 98.6. The van der Waals surface area contributed by atoms with E-state index in [2.05, 4.69) is 25.5 Å². The van der Waals surface area contributed by atoms with Gasteiger partial charge in [0.1, 0.15) is 0 Å². The number of carbonyl (C=O) groups is 1. The van der Waals surface area contributed by atoms with Gasteiger partial charge in [0, 0.05) is 0 Å². The third-order valence-electron chi connectivity index (χ3n) is 0.533. The van der Waals surface area contributed by atoms with E-state index in [4.69, 9.17) is 0 Å². The summed E-state index contributed by atoms with van der Waals surface area (Å²) in [6, 6.07) is 0. The molecule has 0 bridgehead atoms. The van der Waals surface area contributed by atoms with Crippen LogP contribution in [0.15, 0.2) is 12.2 Å². The van der Waals surface area contributed by atoms with E-state index in [1.165, 1.54) is 0 Å². The van der Waals surface area contributed by atoms with Crippen LogP contribution >= 0.6 is 15.9 Å². The van der Waals surface area contributed by atoms with Crippen molar-refractivity contribution < 1.29 is 7.81 Å². The summed E-state index contributed by atoms with van der Waals surface area (Å²) in [5.41, 5.74) is 0.450. The minimum atomic E-state index is -0.337. The summed E-state index contributed by atoms with van der Waals surface area (Å²) in [5, 5.41) is 0.480. The first-order valence-corrected chi connectivity index (χ1v) is 3.98. The van der Waals surface area contributed by atoms with Crippen molar-refractivity contribution in [2.24, 2.45) is 0 Å². The van der Waals surface area contributed by atoms with E-state index in [9.17, 15) is 4.79 Å². The van der Waals surface area contributed by atoms with Gasteiger partial charge in [0.25, 0.3) is 0 Å². The van der Waals surface area contributed by atoms with Crippen LogP contribution in [-0.4, -0.2) is 34.7 Å². The zero-order valence-electron chi connectivity index (χ0n) is 4.06. The minimum absolute atomic E-state index is 0.337. The van der Waals surface area contributed by atoms with Gasteiger partial charge in [0.2, 0.25) is 0 Å². The second-order valence-electron chi connectivity index (χ2n) is 1.12. The van der Waals surface area contributed by atoms with E-state index < -0.39 is 0 Å². The summed E-state index contributed by atoms with van der Waals surface area (Å²) in [7, 11) is 0. The van der Waals surface area contributed by atoms with Gasteiger partial charge in [-0.05, 0) is 0 Å². The van der Waals surface area contributed by atoms with Gasteiger partial charge in [-0.3, -0.25) is 0 Å². The average Bonchev–Trinajstić information content (AvgIpc) is 1.84. The van der Waals surface area contributed by atoms with Gasteiger partial charge in [-0.15, -0.1) is 0 Å². The van der Waals surface area contributed by atoms with Crippen LogP contribution in [0.25, 0.3) is 0 Å². The number of halogens is 1. The summed E-state index contributed by atoms with van der Waals surface area (Å²) in [4.78, 5) is 10.4. The van der Waals surface area contributed by atoms with Crippen molar-refractivity contribution in [1.29, 1.82) is 0 Å². The van der Waals surface area contributed by atoms with Gasteiger partial charge in [-0.25, -0.2) is 0 Å². The van der Waals surface area contributed by atoms with Gasteiger partial charge in [-0.2, -0.15) is 0 Å². The molecule has 8 heavy (non-hydrogen) atoms. The van der Waals surface area contributed by atoms with Crippen molar-refractivity contribution in [2.75, 3.05) is 5.33 Å². The van der Waals surface area contributed by atoms with E-state index >= 15 is 0 Å². The molecule has 2 nitrogen and oxygen atoms in total. The average molecular weight is 286 g/mol. The van der Waals surface area contributed by atoms with Crippen molar-refractivity contribution in [3.8, 4) is 0 Å². The maximum absolute atomic E-state index is 10.4. The molecule has 2 radical (unpaired) electrons. The van der Waals surface area contributed by atoms with Crippen LogP contribution in [0.2, 0.25) is 0 Å². The molecule has 0 N–H and O–H groups in total. The van der Waals surface area contributed by atoms with E-state index in [-0.39, 0.29) is 5.97 Å². The molecule has 0 spiro atoms. The summed E-state index contributed by atoms with van der Waals surface area (Å²) < 4.78 is 4.38. The van der Waals surface area contributed by atoms with Crippen LogP contribution in [0.4, 0.5) is 0 Å². The molecule has 0 aromatic rings. The summed E-state index contributed by atoms with van der Waals surface area (Å²) >= 11 is 4.07. The summed E-state index contributed by atoms with van der Waals surface area (Å²) in [6.45, 7) is 3.43. The molecule has 0 fully saturated rings. The fourth-order valence-electron chi connectivity index (χ4n) is 0.119. The van der Waals surface area contributed by atoms with E-state index in [1.807, 2.05) is 0 Å². The molecule has 0 aromatic heterocycles. The molecule has 0 heterocycles. The molecule has 4 heteroatoms. The second kappa shape index (κ2) is 4.39. The molecule has 0 aliphatic carbocycles. The molecule has 44 valence electrons. The molecule has 0 amide bonds. The topological polar surface area (TPSA) is 26.3 Å². The molecule has 0 saturated carbocycles. The third kappa shape index (κ3) is 2.73. The fourth-order valence-corrected chi connectivity index (χ4v) is 0.716. The Balaban J connectivity index is 3.64. The Hall–Kier alpha value is 0.508. The van der Waals surface area contributed by atoms with Gasteiger partial charge >= 0.3 is 70.6 Å². The fraction of sp³-hybridized carbons (Fsp3) is 0.250. The first-order chi connectivity index (χ1) is 3.72. The Morgan fingerprint density at radius 2 is 2.38 bits per heavy atom. The van der Waals surface area contributed by atoms with Gasteiger partial charge in [-0.1, -0.05) is 0 Å².